The highest BCUT2D eigenvalue weighted by Gasteiger charge is 2.49. The third-order valence-corrected chi connectivity index (χ3v) is 7.04. The summed E-state index contributed by atoms with van der Waals surface area (Å²) in [6, 6.07) is 16.1. The highest BCUT2D eigenvalue weighted by atomic mass is 32.2. The standard InChI is InChI=1S/C24H24N2O4.C8H5F4NO5S/c1-25(23(27)29-3)17-21-13-9-19(10-14-21)7-5-6-8-20-11-15-22(16-12-20)18-26(2)24(28)30-4;1-4-2-5(9)3-6(13(14)15)7(4)18-19(16,17)8(10,11)12/h9-16H,17-18H2,1-4H3;2-3H,1H3. The molecule has 0 atom stereocenters. The van der Waals surface area contributed by atoms with Crippen molar-refractivity contribution >= 4 is 28.0 Å². The maximum Gasteiger partial charge on any atom is 0.534 e. The van der Waals surface area contributed by atoms with Crippen LogP contribution in [0.25, 0.3) is 0 Å². The van der Waals surface area contributed by atoms with Crippen LogP contribution in [0.1, 0.15) is 27.8 Å². The molecule has 0 aliphatic carbocycles. The van der Waals surface area contributed by atoms with Gasteiger partial charge in [-0.2, -0.15) is 21.6 Å². The summed E-state index contributed by atoms with van der Waals surface area (Å²) in [7, 11) is 0.00590. The number of rotatable bonds is 7. The average molecular weight is 708 g/mol. The van der Waals surface area contributed by atoms with Crippen LogP contribution in [0.3, 0.4) is 0 Å². The molecule has 0 N–H and O–H groups in total. The molecular weight excluding hydrogens is 678 g/mol. The summed E-state index contributed by atoms with van der Waals surface area (Å²) in [5, 5.41) is 10.5. The van der Waals surface area contributed by atoms with Crippen LogP contribution in [0.2, 0.25) is 0 Å². The van der Waals surface area contributed by atoms with Crippen molar-refractivity contribution in [3.05, 3.63) is 104 Å². The number of benzene rings is 3. The van der Waals surface area contributed by atoms with Crippen LogP contribution in [0, 0.1) is 46.5 Å². The second kappa shape index (κ2) is 17.4. The van der Waals surface area contributed by atoms with E-state index in [9.17, 15) is 45.7 Å². The van der Waals surface area contributed by atoms with Crippen molar-refractivity contribution in [2.45, 2.75) is 25.5 Å². The highest BCUT2D eigenvalue weighted by Crippen LogP contribution is 2.36. The predicted octanol–water partition coefficient (Wildman–Crippen LogP) is 5.76. The first-order valence-corrected chi connectivity index (χ1v) is 15.0. The topological polar surface area (TPSA) is 146 Å². The molecule has 0 heterocycles. The van der Waals surface area contributed by atoms with Crippen molar-refractivity contribution in [2.24, 2.45) is 0 Å². The molecule has 3 aromatic rings. The SMILES string of the molecule is COC(=O)N(C)Cc1ccc(C#CC#Cc2ccc(CN(C)C(=O)OC)cc2)cc1.Cc1cc(F)cc([N+](=O)[O-])c1OS(=O)(=O)C(F)(F)F. The summed E-state index contributed by atoms with van der Waals surface area (Å²) in [5.74, 6) is 9.39. The van der Waals surface area contributed by atoms with Crippen LogP contribution < -0.4 is 4.18 Å². The Morgan fingerprint density at radius 3 is 1.59 bits per heavy atom. The van der Waals surface area contributed by atoms with E-state index in [-0.39, 0.29) is 18.3 Å². The summed E-state index contributed by atoms with van der Waals surface area (Å²) in [4.78, 5) is 35.1. The third-order valence-electron chi connectivity index (χ3n) is 6.09. The number of carbonyl (C=O) groups is 2. The lowest BCUT2D eigenvalue weighted by atomic mass is 10.1. The first-order chi connectivity index (χ1) is 22.9. The first kappa shape index (κ1) is 39.4. The molecule has 0 radical (unpaired) electrons. The molecule has 0 spiro atoms. The second-order valence-corrected chi connectivity index (χ2v) is 11.4. The van der Waals surface area contributed by atoms with Gasteiger partial charge in [0.25, 0.3) is 0 Å². The Bertz CT molecular complexity index is 1810. The smallest absolute Gasteiger partial charge is 0.453 e. The number of nitrogens with zero attached hydrogens (tertiary/aromatic N) is 3. The van der Waals surface area contributed by atoms with E-state index in [1.165, 1.54) is 24.0 Å². The molecule has 12 nitrogen and oxygen atoms in total. The van der Waals surface area contributed by atoms with Gasteiger partial charge < -0.3 is 23.5 Å². The Balaban J connectivity index is 0.000000377. The second-order valence-electron chi connectivity index (χ2n) is 9.86. The van der Waals surface area contributed by atoms with E-state index in [4.69, 9.17) is 0 Å². The maximum atomic E-state index is 12.9. The van der Waals surface area contributed by atoms with E-state index in [0.29, 0.717) is 19.2 Å². The number of halogens is 4. The Morgan fingerprint density at radius 1 is 0.837 bits per heavy atom. The largest absolute Gasteiger partial charge is 0.534 e. The summed E-state index contributed by atoms with van der Waals surface area (Å²) in [6.07, 6.45) is -0.754. The van der Waals surface area contributed by atoms with Gasteiger partial charge in [-0.05, 0) is 60.2 Å². The summed E-state index contributed by atoms with van der Waals surface area (Å²) in [5.41, 5.74) is -3.77. The number of aryl methyl sites for hydroxylation is 1. The minimum atomic E-state index is -6.07. The Hall–Kier alpha value is -5.81. The fourth-order valence-electron chi connectivity index (χ4n) is 3.70. The quantitative estimate of drug-likeness (QED) is 0.0748. The van der Waals surface area contributed by atoms with Gasteiger partial charge in [0.1, 0.15) is 5.82 Å². The number of amides is 2. The maximum absolute atomic E-state index is 12.9. The minimum absolute atomic E-state index is 0.258. The molecule has 0 fully saturated rings. The van der Waals surface area contributed by atoms with Gasteiger partial charge in [-0.1, -0.05) is 36.1 Å². The number of carbonyl (C=O) groups excluding carboxylic acids is 2. The number of nitro benzene ring substituents is 1. The van der Waals surface area contributed by atoms with Crippen molar-refractivity contribution in [3.8, 4) is 29.4 Å². The van der Waals surface area contributed by atoms with Crippen molar-refractivity contribution in [1.82, 2.24) is 9.80 Å². The Morgan fingerprint density at radius 2 is 1.24 bits per heavy atom. The molecule has 0 aromatic heterocycles. The van der Waals surface area contributed by atoms with E-state index in [2.05, 4.69) is 37.3 Å². The predicted molar refractivity (Wildman–Crippen MR) is 168 cm³/mol. The van der Waals surface area contributed by atoms with Crippen molar-refractivity contribution < 1.29 is 54.1 Å². The summed E-state index contributed by atoms with van der Waals surface area (Å²) >= 11 is 0. The van der Waals surface area contributed by atoms with Crippen LogP contribution in [0.5, 0.6) is 5.75 Å². The van der Waals surface area contributed by atoms with Gasteiger partial charge >= 0.3 is 33.5 Å². The monoisotopic (exact) mass is 707 g/mol. The van der Waals surface area contributed by atoms with E-state index in [0.717, 1.165) is 29.2 Å². The molecule has 0 aliphatic heterocycles. The molecule has 0 aliphatic rings. The van der Waals surface area contributed by atoms with Crippen LogP contribution >= 0.6 is 0 Å². The van der Waals surface area contributed by atoms with Crippen molar-refractivity contribution in [1.29, 1.82) is 0 Å². The lowest BCUT2D eigenvalue weighted by Gasteiger charge is -2.15. The van der Waals surface area contributed by atoms with E-state index in [1.807, 2.05) is 48.5 Å². The highest BCUT2D eigenvalue weighted by molar-refractivity contribution is 7.88. The molecular formula is C32H29F4N3O9S. The first-order valence-electron chi connectivity index (χ1n) is 13.6. The number of methoxy groups -OCH3 is 2. The molecule has 3 rings (SSSR count). The molecule has 2 amide bonds. The summed E-state index contributed by atoms with van der Waals surface area (Å²) in [6.45, 7) is 1.90. The number of alkyl halides is 3. The van der Waals surface area contributed by atoms with E-state index in [1.54, 1.807) is 14.1 Å². The fraction of sp³-hybridized carbons (Fsp3) is 0.250. The molecule has 0 saturated carbocycles. The third kappa shape index (κ3) is 12.1. The molecule has 260 valence electrons. The molecule has 49 heavy (non-hydrogen) atoms. The van der Waals surface area contributed by atoms with Gasteiger partial charge in [-0.15, -0.1) is 0 Å². The molecule has 3 aromatic carbocycles. The van der Waals surface area contributed by atoms with Crippen LogP contribution in [0.15, 0.2) is 60.7 Å². The molecule has 0 bridgehead atoms. The van der Waals surface area contributed by atoms with Gasteiger partial charge in [0, 0.05) is 43.9 Å². The summed E-state index contributed by atoms with van der Waals surface area (Å²) < 4.78 is 83.8. The zero-order valence-electron chi connectivity index (χ0n) is 26.6. The lowest BCUT2D eigenvalue weighted by Crippen LogP contribution is -2.28. The van der Waals surface area contributed by atoms with Crippen LogP contribution in [-0.4, -0.2) is 69.2 Å². The van der Waals surface area contributed by atoms with Gasteiger partial charge in [-0.3, -0.25) is 10.1 Å². The van der Waals surface area contributed by atoms with Gasteiger partial charge in [0.2, 0.25) is 5.75 Å². The van der Waals surface area contributed by atoms with Crippen LogP contribution in [0.4, 0.5) is 32.8 Å². The Kier molecular flexibility index (Phi) is 14.0. The molecule has 0 saturated heterocycles. The van der Waals surface area contributed by atoms with Crippen molar-refractivity contribution in [3.63, 3.8) is 0 Å². The average Bonchev–Trinajstić information content (AvgIpc) is 3.04. The lowest BCUT2D eigenvalue weighted by molar-refractivity contribution is -0.385. The zero-order valence-corrected chi connectivity index (χ0v) is 27.4. The van der Waals surface area contributed by atoms with Gasteiger partial charge in [0.15, 0.2) is 0 Å². The number of nitro groups is 1. The van der Waals surface area contributed by atoms with E-state index >= 15 is 0 Å². The number of hydrogen-bond acceptors (Lipinski definition) is 9. The van der Waals surface area contributed by atoms with Crippen molar-refractivity contribution in [2.75, 3.05) is 28.3 Å². The Labute approximate surface area is 279 Å². The number of hydrogen-bond donors (Lipinski definition) is 0. The van der Waals surface area contributed by atoms with Crippen LogP contribution in [-0.2, 0) is 32.7 Å². The van der Waals surface area contributed by atoms with E-state index < -0.39 is 43.4 Å². The fourth-order valence-corrected chi connectivity index (χ4v) is 4.23. The normalized spacial score (nSPS) is 10.5. The minimum Gasteiger partial charge on any atom is -0.453 e. The number of ether oxygens (including phenoxy) is 2. The molecule has 17 heteroatoms. The zero-order chi connectivity index (χ0) is 36.9. The van der Waals surface area contributed by atoms with Gasteiger partial charge in [-0.25, -0.2) is 14.0 Å². The van der Waals surface area contributed by atoms with Gasteiger partial charge in [0.05, 0.1) is 25.2 Å². The molecule has 0 unspecified atom stereocenters.